The zero-order valence-corrected chi connectivity index (χ0v) is 24.6. The molecule has 0 saturated carbocycles. The van der Waals surface area contributed by atoms with Crippen LogP contribution in [0.15, 0.2) is 65.5 Å². The van der Waals surface area contributed by atoms with E-state index < -0.39 is 14.3 Å². The summed E-state index contributed by atoms with van der Waals surface area (Å²) in [6.07, 6.45) is 7.46. The topological polar surface area (TPSA) is 115 Å². The molecule has 0 amide bonds. The highest BCUT2D eigenvalue weighted by atomic mass is 28.4. The summed E-state index contributed by atoms with van der Waals surface area (Å²) >= 11 is 0. The van der Waals surface area contributed by atoms with Gasteiger partial charge in [0.25, 0.3) is 5.56 Å². The van der Waals surface area contributed by atoms with Crippen LogP contribution in [-0.4, -0.2) is 46.0 Å². The van der Waals surface area contributed by atoms with Crippen molar-refractivity contribution in [3.8, 4) is 12.3 Å². The molecule has 0 saturated heterocycles. The fourth-order valence-electron chi connectivity index (χ4n) is 5.26. The summed E-state index contributed by atoms with van der Waals surface area (Å²) in [7, 11) is -1.75. The minimum atomic E-state index is -1.75. The molecular weight excluding hydrogens is 548 g/mol. The van der Waals surface area contributed by atoms with E-state index in [2.05, 4.69) is 45.8 Å². The molecule has 0 radical (unpaired) electrons. The Morgan fingerprint density at radius 2 is 1.93 bits per heavy atom. The number of para-hydroxylation sites is 1. The van der Waals surface area contributed by atoms with Crippen molar-refractivity contribution in [2.75, 3.05) is 11.4 Å². The van der Waals surface area contributed by atoms with Crippen molar-refractivity contribution in [1.82, 2.24) is 25.1 Å². The van der Waals surface area contributed by atoms with Gasteiger partial charge in [-0.15, -0.1) is 11.5 Å². The van der Waals surface area contributed by atoms with Gasteiger partial charge in [0.1, 0.15) is 16.9 Å². The fraction of sp³-hybridized carbons (Fsp3) is 0.258. The maximum Gasteiger partial charge on any atom is 0.365 e. The van der Waals surface area contributed by atoms with Crippen LogP contribution in [0.4, 0.5) is 5.69 Å². The second-order valence-electron chi connectivity index (χ2n) is 11.2. The highest BCUT2D eigenvalue weighted by molar-refractivity contribution is 6.69. The van der Waals surface area contributed by atoms with Gasteiger partial charge in [0, 0.05) is 5.69 Å². The molecule has 3 aromatic carbocycles. The van der Waals surface area contributed by atoms with E-state index in [-0.39, 0.29) is 18.2 Å². The lowest BCUT2D eigenvalue weighted by atomic mass is 10.0. The first-order valence-electron chi connectivity index (χ1n) is 13.7. The Morgan fingerprint density at radius 3 is 2.69 bits per heavy atom. The summed E-state index contributed by atoms with van der Waals surface area (Å²) in [4.78, 5) is 42.2. The minimum absolute atomic E-state index is 0.0333. The van der Waals surface area contributed by atoms with Crippen LogP contribution in [0.5, 0.6) is 0 Å². The van der Waals surface area contributed by atoms with Crippen LogP contribution in [-0.2, 0) is 17.5 Å². The Balaban J connectivity index is 1.25. The number of H-pyrrole nitrogens is 1. The van der Waals surface area contributed by atoms with Gasteiger partial charge in [-0.2, -0.15) is 0 Å². The van der Waals surface area contributed by atoms with Crippen LogP contribution < -0.4 is 15.3 Å². The number of terminal acetylenes is 1. The summed E-state index contributed by atoms with van der Waals surface area (Å²) in [6, 6.07) is 18.3. The fourth-order valence-corrected chi connectivity index (χ4v) is 5.83. The van der Waals surface area contributed by atoms with Crippen LogP contribution in [0.2, 0.25) is 19.6 Å². The van der Waals surface area contributed by atoms with Gasteiger partial charge >= 0.3 is 5.97 Å². The number of nitrogens with one attached hydrogen (secondary N) is 1. The van der Waals surface area contributed by atoms with Crippen molar-refractivity contribution in [3.05, 3.63) is 93.5 Å². The lowest BCUT2D eigenvalue weighted by Gasteiger charge is -2.30. The molecule has 2 aromatic heterocycles. The van der Waals surface area contributed by atoms with E-state index in [4.69, 9.17) is 20.7 Å². The van der Waals surface area contributed by atoms with Gasteiger partial charge in [-0.1, -0.05) is 22.9 Å². The van der Waals surface area contributed by atoms with Gasteiger partial charge in [-0.25, -0.2) is 9.78 Å². The molecule has 42 heavy (non-hydrogen) atoms. The van der Waals surface area contributed by atoms with E-state index >= 15 is 0 Å². The number of anilines is 1. The molecule has 5 aromatic rings. The largest absolute Gasteiger partial charge is 0.410 e. The van der Waals surface area contributed by atoms with Crippen molar-refractivity contribution >= 4 is 41.9 Å². The van der Waals surface area contributed by atoms with Crippen LogP contribution in [0, 0.1) is 12.3 Å². The molecule has 1 N–H and O–H groups in total. The smallest absolute Gasteiger partial charge is 0.365 e. The normalized spacial score (nSPS) is 14.6. The van der Waals surface area contributed by atoms with Crippen molar-refractivity contribution < 1.29 is 14.1 Å². The molecular formula is C31H30N6O4Si. The van der Waals surface area contributed by atoms with Crippen LogP contribution in [0.1, 0.15) is 39.8 Å². The molecule has 0 bridgehead atoms. The quantitative estimate of drug-likeness (QED) is 0.164. The summed E-state index contributed by atoms with van der Waals surface area (Å²) in [5.74, 6) is 2.75. The Hall–Kier alpha value is -4.79. The van der Waals surface area contributed by atoms with E-state index in [1.54, 1.807) is 24.3 Å². The zero-order valence-electron chi connectivity index (χ0n) is 23.6. The summed E-state index contributed by atoms with van der Waals surface area (Å²) in [6.45, 7) is 6.94. The molecule has 212 valence electrons. The van der Waals surface area contributed by atoms with Gasteiger partial charge in [-0.3, -0.25) is 4.79 Å². The second kappa shape index (κ2) is 10.9. The zero-order chi connectivity index (χ0) is 29.4. The first-order chi connectivity index (χ1) is 20.2. The highest BCUT2D eigenvalue weighted by Gasteiger charge is 2.29. The Labute approximate surface area is 243 Å². The number of benzene rings is 3. The maximum atomic E-state index is 13.0. The van der Waals surface area contributed by atoms with E-state index in [1.165, 1.54) is 0 Å². The first-order valence-corrected chi connectivity index (χ1v) is 17.1. The number of aromatic amines is 1. The number of carbonyl (C=O) groups is 1. The number of carbonyl (C=O) groups excluding carboxylic acids is 1. The Morgan fingerprint density at radius 1 is 1.14 bits per heavy atom. The first kappa shape index (κ1) is 27.4. The third-order valence-corrected chi connectivity index (χ3v) is 8.28. The average molecular weight is 579 g/mol. The van der Waals surface area contributed by atoms with Crippen LogP contribution >= 0.6 is 0 Å². The Bertz CT molecular complexity index is 1900. The summed E-state index contributed by atoms with van der Waals surface area (Å²) in [5.41, 5.74) is 5.13. The molecule has 6 rings (SSSR count). The monoisotopic (exact) mass is 578 g/mol. The highest BCUT2D eigenvalue weighted by Crippen LogP contribution is 2.39. The molecule has 0 aliphatic heterocycles. The summed E-state index contributed by atoms with van der Waals surface area (Å²) < 4.78 is 5.95. The molecule has 1 aliphatic carbocycles. The van der Waals surface area contributed by atoms with Gasteiger partial charge < -0.3 is 19.1 Å². The molecule has 1 unspecified atom stereocenters. The second-order valence-corrected chi connectivity index (χ2v) is 15.8. The van der Waals surface area contributed by atoms with Crippen molar-refractivity contribution in [1.29, 1.82) is 0 Å². The average Bonchev–Trinajstić information content (AvgIpc) is 3.57. The number of aromatic nitrogens is 5. The van der Waals surface area contributed by atoms with Crippen molar-refractivity contribution in [3.63, 3.8) is 0 Å². The predicted octanol–water partition coefficient (Wildman–Crippen LogP) is 4.42. The lowest BCUT2D eigenvalue weighted by molar-refractivity contribution is 0.0409. The van der Waals surface area contributed by atoms with E-state index in [0.717, 1.165) is 34.5 Å². The SMILES string of the molecule is C#CCN(c1ccc(C(=O)On2nnc3ccccc32)cc1)C1CCc2cc3nc(CO[Si](C)(C)C)[nH]c(=O)c3cc21. The molecule has 1 aliphatic rings. The number of aryl methyl sites for hydroxylation is 1. The van der Waals surface area contributed by atoms with Gasteiger partial charge in [0.2, 0.25) is 0 Å². The molecule has 10 nitrogen and oxygen atoms in total. The number of hydrogen-bond donors (Lipinski definition) is 1. The summed E-state index contributed by atoms with van der Waals surface area (Å²) in [5, 5.41) is 8.47. The number of rotatable bonds is 8. The number of hydrogen-bond acceptors (Lipinski definition) is 8. The van der Waals surface area contributed by atoms with Crippen molar-refractivity contribution in [2.45, 2.75) is 45.1 Å². The van der Waals surface area contributed by atoms with E-state index in [1.807, 2.05) is 36.4 Å². The van der Waals surface area contributed by atoms with Gasteiger partial charge in [-0.05, 0) is 97.4 Å². The van der Waals surface area contributed by atoms with Gasteiger partial charge in [0.05, 0.1) is 35.7 Å². The predicted molar refractivity (Wildman–Crippen MR) is 163 cm³/mol. The van der Waals surface area contributed by atoms with E-state index in [9.17, 15) is 9.59 Å². The number of fused-ring (bicyclic) bond motifs is 3. The van der Waals surface area contributed by atoms with Crippen molar-refractivity contribution in [2.24, 2.45) is 0 Å². The van der Waals surface area contributed by atoms with E-state index in [0.29, 0.717) is 39.9 Å². The standard InChI is InChI=1S/C31H30N6O4Si/c1-5-16-36(22-13-10-20(11-14-22)31(39)41-37-28-9-7-6-8-25(28)34-35-37)27-15-12-21-17-26-24(18-23(21)27)30(38)33-29(32-26)19-40-42(2,3)4/h1,6-11,13-14,17-18,27H,12,15-16,19H2,2-4H3,(H,32,33,38). The number of nitrogens with zero attached hydrogens (tertiary/aromatic N) is 5. The third-order valence-electron chi connectivity index (χ3n) is 7.27. The minimum Gasteiger partial charge on any atom is -0.410 e. The molecule has 2 heterocycles. The maximum absolute atomic E-state index is 13.0. The lowest BCUT2D eigenvalue weighted by Crippen LogP contribution is -2.28. The molecule has 0 spiro atoms. The third kappa shape index (κ3) is 5.42. The molecule has 1 atom stereocenters. The van der Waals surface area contributed by atoms with Crippen LogP contribution in [0.25, 0.3) is 21.9 Å². The Kier molecular flexibility index (Phi) is 7.10. The van der Waals surface area contributed by atoms with Gasteiger partial charge in [0.15, 0.2) is 8.32 Å². The van der Waals surface area contributed by atoms with Crippen LogP contribution in [0.3, 0.4) is 0 Å². The molecule has 0 fully saturated rings. The molecule has 11 heteroatoms.